The number of anilines is 1. The van der Waals surface area contributed by atoms with Crippen molar-refractivity contribution in [2.24, 2.45) is 5.73 Å². The van der Waals surface area contributed by atoms with Gasteiger partial charge in [-0.3, -0.25) is 10.1 Å². The van der Waals surface area contributed by atoms with Gasteiger partial charge in [0, 0.05) is 17.3 Å². The molecule has 0 spiro atoms. The van der Waals surface area contributed by atoms with Crippen molar-refractivity contribution >= 4 is 11.8 Å². The van der Waals surface area contributed by atoms with Crippen LogP contribution in [0.25, 0.3) is 11.3 Å². The Hall–Kier alpha value is -3.79. The van der Waals surface area contributed by atoms with E-state index in [1.54, 1.807) is 31.2 Å². The minimum absolute atomic E-state index is 0.0833. The molecule has 35 heavy (non-hydrogen) atoms. The molecule has 0 aliphatic carbocycles. The van der Waals surface area contributed by atoms with E-state index in [0.29, 0.717) is 24.2 Å². The van der Waals surface area contributed by atoms with Crippen LogP contribution in [0.15, 0.2) is 53.3 Å². The van der Waals surface area contributed by atoms with Gasteiger partial charge in [-0.1, -0.05) is 12.1 Å². The summed E-state index contributed by atoms with van der Waals surface area (Å²) in [5, 5.41) is 6.87. The number of halogens is 2. The molecule has 8 nitrogen and oxygen atoms in total. The van der Waals surface area contributed by atoms with Crippen molar-refractivity contribution in [1.82, 2.24) is 9.78 Å². The van der Waals surface area contributed by atoms with E-state index in [4.69, 9.17) is 15.2 Å². The number of amides is 1. The maximum atomic E-state index is 14.6. The third-order valence-electron chi connectivity index (χ3n) is 5.04. The number of nitrogens with zero attached hydrogens (tertiary/aromatic N) is 2. The van der Waals surface area contributed by atoms with Crippen molar-refractivity contribution in [3.05, 3.63) is 76.1 Å². The van der Waals surface area contributed by atoms with E-state index in [1.807, 2.05) is 0 Å². The first-order valence-corrected chi connectivity index (χ1v) is 11.3. The number of nitrogens with two attached hydrogens (primary N) is 1. The van der Waals surface area contributed by atoms with Gasteiger partial charge in [0.2, 0.25) is 0 Å². The molecule has 1 aromatic heterocycles. The molecule has 1 amide bonds. The lowest BCUT2D eigenvalue weighted by molar-refractivity contribution is 0.168. The minimum atomic E-state index is -0.851. The van der Waals surface area contributed by atoms with Gasteiger partial charge >= 0.3 is 6.09 Å². The van der Waals surface area contributed by atoms with Crippen LogP contribution in [0.3, 0.4) is 0 Å². The SMILES string of the molecule is CCOC(=O)Nc1cccc(Cn2nc(-c3cc(F)c(OCCCCCN)c(F)c3)ccc2=O)c1. The molecule has 0 fully saturated rings. The van der Waals surface area contributed by atoms with Crippen LogP contribution in [0.4, 0.5) is 19.3 Å². The summed E-state index contributed by atoms with van der Waals surface area (Å²) in [6, 6.07) is 11.8. The third kappa shape index (κ3) is 7.35. The van der Waals surface area contributed by atoms with Gasteiger partial charge in [0.15, 0.2) is 17.4 Å². The van der Waals surface area contributed by atoms with E-state index in [0.717, 1.165) is 25.0 Å². The van der Waals surface area contributed by atoms with E-state index in [-0.39, 0.29) is 31.0 Å². The topological polar surface area (TPSA) is 108 Å². The van der Waals surface area contributed by atoms with E-state index in [9.17, 15) is 18.4 Å². The number of unbranched alkanes of at least 4 members (excludes halogenated alkanes) is 2. The molecule has 0 aliphatic heterocycles. The van der Waals surface area contributed by atoms with Crippen LogP contribution in [0.5, 0.6) is 5.75 Å². The maximum absolute atomic E-state index is 14.6. The average Bonchev–Trinajstić information content (AvgIpc) is 2.82. The number of hydrogen-bond donors (Lipinski definition) is 2. The molecule has 0 aliphatic rings. The van der Waals surface area contributed by atoms with Crippen molar-refractivity contribution in [1.29, 1.82) is 0 Å². The summed E-state index contributed by atoms with van der Waals surface area (Å²) >= 11 is 0. The summed E-state index contributed by atoms with van der Waals surface area (Å²) in [7, 11) is 0. The standard InChI is InChI=1S/C25H28F2N4O4/c1-2-34-25(33)29-19-8-6-7-17(13-19)16-31-23(32)10-9-22(30-31)18-14-20(26)24(21(27)15-18)35-12-5-3-4-11-28/h6-10,13-15H,2-5,11-12,16,28H2,1H3,(H,29,33). The van der Waals surface area contributed by atoms with Crippen LogP contribution < -0.4 is 21.3 Å². The molecule has 3 N–H and O–H groups in total. The minimum Gasteiger partial charge on any atom is -0.488 e. The van der Waals surface area contributed by atoms with Crippen LogP contribution in [0, 0.1) is 11.6 Å². The molecule has 0 atom stereocenters. The Bertz CT molecular complexity index is 1190. The molecule has 2 aromatic carbocycles. The first-order chi connectivity index (χ1) is 16.9. The molecule has 186 valence electrons. The number of hydrogen-bond acceptors (Lipinski definition) is 6. The van der Waals surface area contributed by atoms with Crippen molar-refractivity contribution in [3.63, 3.8) is 0 Å². The second-order valence-electron chi connectivity index (χ2n) is 7.73. The van der Waals surface area contributed by atoms with E-state index in [1.165, 1.54) is 16.8 Å². The average molecular weight is 487 g/mol. The van der Waals surface area contributed by atoms with Gasteiger partial charge in [0.1, 0.15) is 0 Å². The third-order valence-corrected chi connectivity index (χ3v) is 5.04. The number of ether oxygens (including phenoxy) is 2. The van der Waals surface area contributed by atoms with Crippen molar-refractivity contribution in [2.75, 3.05) is 25.1 Å². The Morgan fingerprint density at radius 1 is 1.09 bits per heavy atom. The summed E-state index contributed by atoms with van der Waals surface area (Å²) in [5.41, 5.74) is 6.60. The zero-order chi connectivity index (χ0) is 25.2. The first kappa shape index (κ1) is 25.8. The Kier molecular flexibility index (Phi) is 9.31. The lowest BCUT2D eigenvalue weighted by atomic mass is 10.1. The predicted octanol–water partition coefficient (Wildman–Crippen LogP) is 4.31. The lowest BCUT2D eigenvalue weighted by Crippen LogP contribution is -2.23. The van der Waals surface area contributed by atoms with Crippen molar-refractivity contribution < 1.29 is 23.0 Å². The first-order valence-electron chi connectivity index (χ1n) is 11.3. The Morgan fingerprint density at radius 2 is 1.86 bits per heavy atom. The fourth-order valence-electron chi connectivity index (χ4n) is 3.36. The summed E-state index contributed by atoms with van der Waals surface area (Å²) in [6.45, 7) is 2.76. The number of carbonyl (C=O) groups is 1. The molecule has 0 radical (unpaired) electrons. The number of aromatic nitrogens is 2. The highest BCUT2D eigenvalue weighted by molar-refractivity contribution is 5.84. The molecule has 10 heteroatoms. The van der Waals surface area contributed by atoms with Crippen LogP contribution in [0.2, 0.25) is 0 Å². The number of nitrogens with one attached hydrogen (secondary N) is 1. The van der Waals surface area contributed by atoms with Crippen molar-refractivity contribution in [3.8, 4) is 17.0 Å². The van der Waals surface area contributed by atoms with Gasteiger partial charge in [-0.25, -0.2) is 18.3 Å². The molecule has 3 rings (SSSR count). The highest BCUT2D eigenvalue weighted by Gasteiger charge is 2.15. The Morgan fingerprint density at radius 3 is 2.57 bits per heavy atom. The van der Waals surface area contributed by atoms with Crippen LogP contribution in [-0.2, 0) is 11.3 Å². The highest BCUT2D eigenvalue weighted by atomic mass is 19.1. The molecular weight excluding hydrogens is 458 g/mol. The molecular formula is C25H28F2N4O4. The number of carbonyl (C=O) groups excluding carboxylic acids is 1. The van der Waals surface area contributed by atoms with Gasteiger partial charge in [-0.05, 0) is 68.6 Å². The molecule has 3 aromatic rings. The second kappa shape index (κ2) is 12.6. The van der Waals surface area contributed by atoms with Gasteiger partial charge < -0.3 is 15.2 Å². The highest BCUT2D eigenvalue weighted by Crippen LogP contribution is 2.28. The molecule has 0 saturated heterocycles. The van der Waals surface area contributed by atoms with Crippen LogP contribution >= 0.6 is 0 Å². The van der Waals surface area contributed by atoms with Crippen LogP contribution in [0.1, 0.15) is 31.7 Å². The maximum Gasteiger partial charge on any atom is 0.411 e. The molecule has 0 bridgehead atoms. The van der Waals surface area contributed by atoms with Gasteiger partial charge in [-0.15, -0.1) is 0 Å². The smallest absolute Gasteiger partial charge is 0.411 e. The van der Waals surface area contributed by atoms with Crippen molar-refractivity contribution in [2.45, 2.75) is 32.7 Å². The molecule has 1 heterocycles. The quantitative estimate of drug-likeness (QED) is 0.391. The summed E-state index contributed by atoms with van der Waals surface area (Å²) < 4.78 is 40.5. The largest absolute Gasteiger partial charge is 0.488 e. The Balaban J connectivity index is 1.77. The Labute approximate surface area is 201 Å². The normalized spacial score (nSPS) is 10.7. The number of rotatable bonds is 11. The monoisotopic (exact) mass is 486 g/mol. The molecule has 0 unspecified atom stereocenters. The summed E-state index contributed by atoms with van der Waals surface area (Å²) in [5.74, 6) is -2.15. The van der Waals surface area contributed by atoms with E-state index in [2.05, 4.69) is 10.4 Å². The fourth-order valence-corrected chi connectivity index (χ4v) is 3.36. The van der Waals surface area contributed by atoms with E-state index >= 15 is 0 Å². The fraction of sp³-hybridized carbons (Fsp3) is 0.320. The predicted molar refractivity (Wildman–Crippen MR) is 128 cm³/mol. The summed E-state index contributed by atoms with van der Waals surface area (Å²) in [6.07, 6.45) is 1.68. The molecule has 0 saturated carbocycles. The lowest BCUT2D eigenvalue weighted by Gasteiger charge is -2.12. The zero-order valence-electron chi connectivity index (χ0n) is 19.4. The number of benzene rings is 2. The van der Waals surface area contributed by atoms with Gasteiger partial charge in [0.25, 0.3) is 5.56 Å². The van der Waals surface area contributed by atoms with E-state index < -0.39 is 29.0 Å². The summed E-state index contributed by atoms with van der Waals surface area (Å²) in [4.78, 5) is 24.0. The van der Waals surface area contributed by atoms with Crippen LogP contribution in [-0.4, -0.2) is 35.6 Å². The second-order valence-corrected chi connectivity index (χ2v) is 7.73. The van der Waals surface area contributed by atoms with Gasteiger partial charge in [0.05, 0.1) is 25.5 Å². The zero-order valence-corrected chi connectivity index (χ0v) is 19.4. The van der Waals surface area contributed by atoms with Gasteiger partial charge in [-0.2, -0.15) is 5.10 Å².